The first kappa shape index (κ1) is 30.3. The number of benzene rings is 1. The van der Waals surface area contributed by atoms with Crippen molar-refractivity contribution in [1.29, 1.82) is 0 Å². The van der Waals surface area contributed by atoms with Gasteiger partial charge in [0.05, 0.1) is 12.2 Å². The molecule has 226 valence electrons. The fraction of sp³-hybridized carbons (Fsp3) is 0.345. The summed E-state index contributed by atoms with van der Waals surface area (Å²) in [6, 6.07) is 13.6. The molecule has 0 atom stereocenters. The molecule has 0 bridgehead atoms. The van der Waals surface area contributed by atoms with Crippen molar-refractivity contribution in [3.63, 3.8) is 0 Å². The largest absolute Gasteiger partial charge is 0.446 e. The summed E-state index contributed by atoms with van der Waals surface area (Å²) >= 11 is -0.272. The average molecular weight is 614 g/mol. The number of halogens is 3. The van der Waals surface area contributed by atoms with Gasteiger partial charge in [0.1, 0.15) is 17.2 Å². The van der Waals surface area contributed by atoms with Crippen molar-refractivity contribution in [2.75, 3.05) is 47.8 Å². The van der Waals surface area contributed by atoms with E-state index in [1.165, 1.54) is 35.4 Å². The van der Waals surface area contributed by atoms with Gasteiger partial charge in [-0.3, -0.25) is 14.5 Å². The van der Waals surface area contributed by atoms with E-state index in [0.29, 0.717) is 24.5 Å². The van der Waals surface area contributed by atoms with E-state index >= 15 is 0 Å². The van der Waals surface area contributed by atoms with Crippen molar-refractivity contribution in [2.24, 2.45) is 0 Å². The molecule has 0 spiro atoms. The maximum absolute atomic E-state index is 13.4. The van der Waals surface area contributed by atoms with Crippen LogP contribution >= 0.6 is 11.8 Å². The van der Waals surface area contributed by atoms with Crippen LogP contribution in [0.5, 0.6) is 0 Å². The number of rotatable bonds is 8. The molecular weight excluding hydrogens is 583 g/mol. The molecular formula is C29H30F3N7O3S. The predicted molar refractivity (Wildman–Crippen MR) is 157 cm³/mol. The third kappa shape index (κ3) is 7.08. The molecule has 43 heavy (non-hydrogen) atoms. The molecule has 1 aromatic carbocycles. The number of alkyl halides is 3. The number of carbonyl (C=O) groups is 3. The third-order valence-electron chi connectivity index (χ3n) is 7.30. The van der Waals surface area contributed by atoms with Gasteiger partial charge in [-0.05, 0) is 79.7 Å². The molecule has 2 aliphatic rings. The van der Waals surface area contributed by atoms with E-state index < -0.39 is 23.0 Å². The van der Waals surface area contributed by atoms with Gasteiger partial charge in [-0.15, -0.1) is 0 Å². The van der Waals surface area contributed by atoms with E-state index in [0.717, 1.165) is 23.8 Å². The van der Waals surface area contributed by atoms with Gasteiger partial charge in [-0.25, -0.2) is 19.7 Å². The maximum atomic E-state index is 13.4. The minimum atomic E-state index is -4.45. The summed E-state index contributed by atoms with van der Waals surface area (Å²) in [4.78, 5) is 54.6. The average Bonchev–Trinajstić information content (AvgIpc) is 3.13. The Kier molecular flexibility index (Phi) is 8.60. The lowest BCUT2D eigenvalue weighted by molar-refractivity contribution is -0.123. The van der Waals surface area contributed by atoms with Crippen molar-refractivity contribution in [3.05, 3.63) is 72.6 Å². The Morgan fingerprint density at radius 1 is 0.977 bits per heavy atom. The predicted octanol–water partition coefficient (Wildman–Crippen LogP) is 4.60. The summed E-state index contributed by atoms with van der Waals surface area (Å²) in [5, 5.41) is 2.81. The second kappa shape index (κ2) is 12.2. The van der Waals surface area contributed by atoms with Crippen molar-refractivity contribution in [3.8, 4) is 0 Å². The van der Waals surface area contributed by atoms with Crippen LogP contribution in [0.3, 0.4) is 0 Å². The SMILES string of the molecule is CC1(C)C(=O)N(c2ccc(SC(F)(F)F)cc2)C(=O)N1Cc1ccnc(NC(=O)CN2CCN(c3ccccn3)CC2)c1. The zero-order chi connectivity index (χ0) is 30.8. The van der Waals surface area contributed by atoms with Crippen LogP contribution in [-0.4, -0.2) is 81.4 Å². The number of carbonyl (C=O) groups excluding carboxylic acids is 3. The highest BCUT2D eigenvalue weighted by Gasteiger charge is 2.51. The summed E-state index contributed by atoms with van der Waals surface area (Å²) < 4.78 is 38.1. The third-order valence-corrected chi connectivity index (χ3v) is 8.04. The van der Waals surface area contributed by atoms with E-state index in [4.69, 9.17) is 0 Å². The van der Waals surface area contributed by atoms with Gasteiger partial charge in [0, 0.05) is 50.0 Å². The summed E-state index contributed by atoms with van der Waals surface area (Å²) in [5.74, 6) is 0.511. The standard InChI is InChI=1S/C29H30F3N7O3S/c1-28(2)26(41)39(21-6-8-22(9-7-21)43-29(30,31)32)27(42)38(28)18-20-10-12-33-23(17-20)35-25(40)19-36-13-15-37(16-14-36)24-5-3-4-11-34-24/h3-12,17H,13-16,18-19H2,1-2H3,(H,33,35,40). The highest BCUT2D eigenvalue weighted by Crippen LogP contribution is 2.39. The molecule has 10 nitrogen and oxygen atoms in total. The number of aromatic nitrogens is 2. The Balaban J connectivity index is 1.19. The molecule has 2 saturated heterocycles. The van der Waals surface area contributed by atoms with Crippen molar-refractivity contribution < 1.29 is 27.6 Å². The van der Waals surface area contributed by atoms with Crippen LogP contribution in [-0.2, 0) is 16.1 Å². The van der Waals surface area contributed by atoms with Gasteiger partial charge in [0.25, 0.3) is 5.91 Å². The zero-order valence-corrected chi connectivity index (χ0v) is 24.4. The Morgan fingerprint density at radius 2 is 1.70 bits per heavy atom. The van der Waals surface area contributed by atoms with Crippen LogP contribution in [0.2, 0.25) is 0 Å². The van der Waals surface area contributed by atoms with Gasteiger partial charge in [-0.1, -0.05) is 6.07 Å². The lowest BCUT2D eigenvalue weighted by Gasteiger charge is -2.34. The minimum Gasteiger partial charge on any atom is -0.354 e. The lowest BCUT2D eigenvalue weighted by atomic mass is 10.0. The monoisotopic (exact) mass is 613 g/mol. The number of amides is 4. The van der Waals surface area contributed by atoms with E-state index in [9.17, 15) is 27.6 Å². The molecule has 4 heterocycles. The van der Waals surface area contributed by atoms with E-state index in [1.807, 2.05) is 18.2 Å². The summed E-state index contributed by atoms with van der Waals surface area (Å²) in [5.41, 5.74) is -4.85. The maximum Gasteiger partial charge on any atom is 0.446 e. The Morgan fingerprint density at radius 3 is 2.35 bits per heavy atom. The Labute approximate surface area is 250 Å². The zero-order valence-electron chi connectivity index (χ0n) is 23.5. The molecule has 0 unspecified atom stereocenters. The second-order valence-electron chi connectivity index (χ2n) is 10.7. The van der Waals surface area contributed by atoms with Crippen LogP contribution < -0.4 is 15.1 Å². The molecule has 0 radical (unpaired) electrons. The normalized spacial score (nSPS) is 17.5. The van der Waals surface area contributed by atoms with Crippen molar-refractivity contribution in [2.45, 2.75) is 36.3 Å². The molecule has 2 aromatic heterocycles. The van der Waals surface area contributed by atoms with Gasteiger partial charge < -0.3 is 15.1 Å². The van der Waals surface area contributed by atoms with Gasteiger partial charge in [0.2, 0.25) is 5.91 Å². The summed E-state index contributed by atoms with van der Waals surface area (Å²) in [7, 11) is 0. The molecule has 1 N–H and O–H groups in total. The number of thioether (sulfide) groups is 1. The Hall–Kier alpha value is -4.17. The van der Waals surface area contributed by atoms with E-state index in [-0.39, 0.29) is 41.3 Å². The number of hydrogen-bond acceptors (Lipinski definition) is 8. The summed E-state index contributed by atoms with van der Waals surface area (Å²) in [6.45, 7) is 6.39. The topological polar surface area (TPSA) is 102 Å². The van der Waals surface area contributed by atoms with Crippen molar-refractivity contribution in [1.82, 2.24) is 19.8 Å². The molecule has 0 saturated carbocycles. The minimum absolute atomic E-state index is 0.0513. The first-order valence-corrected chi connectivity index (χ1v) is 14.4. The first-order chi connectivity index (χ1) is 20.4. The number of anilines is 3. The quantitative estimate of drug-likeness (QED) is 0.291. The lowest BCUT2D eigenvalue weighted by Crippen LogP contribution is -2.48. The number of nitrogens with zero attached hydrogens (tertiary/aromatic N) is 6. The van der Waals surface area contributed by atoms with Crippen molar-refractivity contribution >= 4 is 46.9 Å². The smallest absolute Gasteiger partial charge is 0.354 e. The van der Waals surface area contributed by atoms with Gasteiger partial charge in [0.15, 0.2) is 0 Å². The van der Waals surface area contributed by atoms with E-state index in [2.05, 4.69) is 25.1 Å². The summed E-state index contributed by atoms with van der Waals surface area (Å²) in [6.07, 6.45) is 3.27. The van der Waals surface area contributed by atoms with Crippen LogP contribution in [0.1, 0.15) is 19.4 Å². The highest BCUT2D eigenvalue weighted by atomic mass is 32.2. The molecule has 5 rings (SSSR count). The number of imide groups is 1. The fourth-order valence-corrected chi connectivity index (χ4v) is 5.55. The molecule has 14 heteroatoms. The molecule has 4 amide bonds. The van der Waals surface area contributed by atoms with Gasteiger partial charge in [-0.2, -0.15) is 13.2 Å². The van der Waals surface area contributed by atoms with Crippen LogP contribution in [0, 0.1) is 0 Å². The Bertz CT molecular complexity index is 1480. The molecule has 2 aliphatic heterocycles. The number of pyridine rings is 2. The number of urea groups is 1. The van der Waals surface area contributed by atoms with E-state index in [1.54, 1.807) is 32.2 Å². The van der Waals surface area contributed by atoms with Crippen LogP contribution in [0.15, 0.2) is 71.9 Å². The molecule has 2 fully saturated rings. The number of piperazine rings is 1. The first-order valence-electron chi connectivity index (χ1n) is 13.6. The van der Waals surface area contributed by atoms with Crippen LogP contribution in [0.25, 0.3) is 0 Å². The van der Waals surface area contributed by atoms with Crippen LogP contribution in [0.4, 0.5) is 35.3 Å². The highest BCUT2D eigenvalue weighted by molar-refractivity contribution is 8.00. The second-order valence-corrected chi connectivity index (χ2v) is 11.8. The number of hydrogen-bond donors (Lipinski definition) is 1. The number of nitrogens with one attached hydrogen (secondary N) is 1. The molecule has 0 aliphatic carbocycles. The van der Waals surface area contributed by atoms with Gasteiger partial charge >= 0.3 is 11.5 Å². The fourth-order valence-electron chi connectivity index (χ4n) is 5.01. The molecule has 3 aromatic rings.